The number of ether oxygens (including phenoxy) is 1. The number of amides is 1. The van der Waals surface area contributed by atoms with Crippen LogP contribution in [0.2, 0.25) is 0 Å². The summed E-state index contributed by atoms with van der Waals surface area (Å²) in [4.78, 5) is 26.1. The Bertz CT molecular complexity index is 711. The summed E-state index contributed by atoms with van der Waals surface area (Å²) >= 11 is 0. The molecule has 132 valence electrons. The second kappa shape index (κ2) is 7.34. The molecule has 0 radical (unpaired) electrons. The van der Waals surface area contributed by atoms with E-state index in [1.165, 1.54) is 12.0 Å². The van der Waals surface area contributed by atoms with Crippen LogP contribution in [0.25, 0.3) is 0 Å². The van der Waals surface area contributed by atoms with Crippen LogP contribution >= 0.6 is 0 Å². The maximum Gasteiger partial charge on any atom is 0.328 e. The highest BCUT2D eigenvalue weighted by Gasteiger charge is 2.39. The fraction of sp³-hybridized carbons (Fsp3) is 0.529. The Hall–Kier alpha value is -1.89. The summed E-state index contributed by atoms with van der Waals surface area (Å²) < 4.78 is 28.3. The van der Waals surface area contributed by atoms with E-state index in [2.05, 4.69) is 0 Å². The minimum absolute atomic E-state index is 0.0415. The van der Waals surface area contributed by atoms with Gasteiger partial charge in [-0.3, -0.25) is 4.79 Å². The van der Waals surface area contributed by atoms with E-state index >= 15 is 0 Å². The Labute approximate surface area is 142 Å². The first kappa shape index (κ1) is 18.4. The molecule has 2 unspecified atom stereocenters. The van der Waals surface area contributed by atoms with Crippen LogP contribution in [0, 0.1) is 6.92 Å². The number of hydrogen-bond donors (Lipinski definition) is 0. The number of methoxy groups -OCH3 is 1. The molecule has 0 bridgehead atoms. The summed E-state index contributed by atoms with van der Waals surface area (Å²) in [6.45, 7) is 3.53. The van der Waals surface area contributed by atoms with E-state index in [9.17, 15) is 18.0 Å². The second-order valence-corrected chi connectivity index (χ2v) is 8.45. The van der Waals surface area contributed by atoms with E-state index in [0.717, 1.165) is 11.1 Å². The largest absolute Gasteiger partial charge is 0.467 e. The number of nitrogens with zero attached hydrogens (tertiary/aromatic N) is 1. The summed E-state index contributed by atoms with van der Waals surface area (Å²) in [7, 11) is -1.91. The Kier molecular flexibility index (Phi) is 5.64. The number of sulfone groups is 1. The van der Waals surface area contributed by atoms with Gasteiger partial charge in [0.05, 0.1) is 25.0 Å². The van der Waals surface area contributed by atoms with Crippen molar-refractivity contribution >= 4 is 21.7 Å². The summed E-state index contributed by atoms with van der Waals surface area (Å²) in [5, 5.41) is 0. The van der Waals surface area contributed by atoms with Gasteiger partial charge in [-0.25, -0.2) is 13.2 Å². The summed E-state index contributed by atoms with van der Waals surface area (Å²) in [6, 6.07) is 6.25. The maximum absolute atomic E-state index is 12.8. The highest BCUT2D eigenvalue weighted by atomic mass is 32.2. The van der Waals surface area contributed by atoms with Crippen molar-refractivity contribution in [1.29, 1.82) is 0 Å². The van der Waals surface area contributed by atoms with Crippen molar-refractivity contribution in [2.75, 3.05) is 18.6 Å². The third-order valence-electron chi connectivity index (χ3n) is 4.33. The highest BCUT2D eigenvalue weighted by molar-refractivity contribution is 7.91. The highest BCUT2D eigenvalue weighted by Crippen LogP contribution is 2.22. The molecule has 1 aromatic carbocycles. The summed E-state index contributed by atoms with van der Waals surface area (Å²) in [6.07, 6.45) is 0.474. The first-order valence-corrected chi connectivity index (χ1v) is 9.70. The van der Waals surface area contributed by atoms with Crippen molar-refractivity contribution < 1.29 is 22.7 Å². The third kappa shape index (κ3) is 4.35. The maximum atomic E-state index is 12.8. The van der Waals surface area contributed by atoms with Crippen LogP contribution in [0.5, 0.6) is 0 Å². The van der Waals surface area contributed by atoms with Crippen LogP contribution < -0.4 is 0 Å². The van der Waals surface area contributed by atoms with E-state index < -0.39 is 27.9 Å². The van der Waals surface area contributed by atoms with Crippen LogP contribution in [-0.4, -0.2) is 55.9 Å². The van der Waals surface area contributed by atoms with Crippen LogP contribution in [-0.2, 0) is 30.6 Å². The predicted octanol–water partition coefficient (Wildman–Crippen LogP) is 1.11. The van der Waals surface area contributed by atoms with E-state index in [0.29, 0.717) is 6.42 Å². The van der Waals surface area contributed by atoms with E-state index in [1.807, 2.05) is 31.2 Å². The van der Waals surface area contributed by atoms with E-state index in [1.54, 1.807) is 6.92 Å². The van der Waals surface area contributed by atoms with Gasteiger partial charge in [-0.05, 0) is 25.8 Å². The molecular formula is C17H23NO5S. The lowest BCUT2D eigenvalue weighted by Crippen LogP contribution is -2.50. The molecule has 1 aliphatic heterocycles. The lowest BCUT2D eigenvalue weighted by atomic mass is 10.1. The van der Waals surface area contributed by atoms with Gasteiger partial charge in [0.15, 0.2) is 9.84 Å². The molecule has 7 heteroatoms. The van der Waals surface area contributed by atoms with Crippen LogP contribution in [0.1, 0.15) is 24.5 Å². The quantitative estimate of drug-likeness (QED) is 0.741. The van der Waals surface area contributed by atoms with Crippen molar-refractivity contribution in [3.8, 4) is 0 Å². The first-order valence-electron chi connectivity index (χ1n) is 7.88. The zero-order valence-corrected chi connectivity index (χ0v) is 15.0. The molecule has 24 heavy (non-hydrogen) atoms. The van der Waals surface area contributed by atoms with Gasteiger partial charge in [-0.2, -0.15) is 0 Å². The fourth-order valence-electron chi connectivity index (χ4n) is 2.99. The van der Waals surface area contributed by atoms with Gasteiger partial charge in [-0.15, -0.1) is 0 Å². The SMILES string of the molecule is COC(=O)C(C)N(C(=O)Cc1ccc(C)cc1)C1CCS(=O)(=O)C1. The Balaban J connectivity index is 2.22. The van der Waals surface area contributed by atoms with Crippen molar-refractivity contribution in [3.63, 3.8) is 0 Å². The Morgan fingerprint density at radius 1 is 1.29 bits per heavy atom. The minimum atomic E-state index is -3.16. The van der Waals surface area contributed by atoms with Crippen molar-refractivity contribution in [2.24, 2.45) is 0 Å². The molecular weight excluding hydrogens is 330 g/mol. The molecule has 2 rings (SSSR count). The molecule has 1 saturated heterocycles. The average molecular weight is 353 g/mol. The predicted molar refractivity (Wildman–Crippen MR) is 90.3 cm³/mol. The normalized spacial score (nSPS) is 20.4. The first-order chi connectivity index (χ1) is 11.2. The van der Waals surface area contributed by atoms with Crippen LogP contribution in [0.3, 0.4) is 0 Å². The average Bonchev–Trinajstić information content (AvgIpc) is 2.88. The molecule has 0 N–H and O–H groups in total. The number of benzene rings is 1. The van der Waals surface area contributed by atoms with Gasteiger partial charge in [0.25, 0.3) is 0 Å². The molecule has 1 aliphatic rings. The molecule has 0 spiro atoms. The lowest BCUT2D eigenvalue weighted by molar-refractivity contribution is -0.153. The molecule has 0 aromatic heterocycles. The number of carbonyl (C=O) groups excluding carboxylic acids is 2. The molecule has 1 aromatic rings. The summed E-state index contributed by atoms with van der Waals surface area (Å²) in [5.74, 6) is -0.871. The molecule has 1 heterocycles. The number of carbonyl (C=O) groups is 2. The number of esters is 1. The molecule has 1 amide bonds. The molecule has 0 aliphatic carbocycles. The Morgan fingerprint density at radius 2 is 1.92 bits per heavy atom. The Morgan fingerprint density at radius 3 is 2.42 bits per heavy atom. The fourth-order valence-corrected chi connectivity index (χ4v) is 4.70. The van der Waals surface area contributed by atoms with Gasteiger partial charge in [0.1, 0.15) is 6.04 Å². The second-order valence-electron chi connectivity index (χ2n) is 6.22. The smallest absolute Gasteiger partial charge is 0.328 e. The third-order valence-corrected chi connectivity index (χ3v) is 6.08. The minimum Gasteiger partial charge on any atom is -0.467 e. The van der Waals surface area contributed by atoms with Crippen LogP contribution in [0.15, 0.2) is 24.3 Å². The van der Waals surface area contributed by atoms with Gasteiger partial charge < -0.3 is 9.64 Å². The lowest BCUT2D eigenvalue weighted by Gasteiger charge is -2.32. The van der Waals surface area contributed by atoms with E-state index in [4.69, 9.17) is 4.74 Å². The zero-order chi connectivity index (χ0) is 17.9. The van der Waals surface area contributed by atoms with Crippen molar-refractivity contribution in [3.05, 3.63) is 35.4 Å². The van der Waals surface area contributed by atoms with Crippen molar-refractivity contribution in [2.45, 2.75) is 38.8 Å². The van der Waals surface area contributed by atoms with E-state index in [-0.39, 0.29) is 23.8 Å². The van der Waals surface area contributed by atoms with Gasteiger partial charge in [0.2, 0.25) is 5.91 Å². The van der Waals surface area contributed by atoms with Gasteiger partial charge in [-0.1, -0.05) is 29.8 Å². The van der Waals surface area contributed by atoms with Crippen molar-refractivity contribution in [1.82, 2.24) is 4.90 Å². The molecule has 6 nitrogen and oxygen atoms in total. The monoisotopic (exact) mass is 353 g/mol. The molecule has 2 atom stereocenters. The standard InChI is InChI=1S/C17H23NO5S/c1-12-4-6-14(7-5-12)10-16(19)18(13(2)17(20)23-3)15-8-9-24(21,22)11-15/h4-7,13,15H,8-11H2,1-3H3. The molecule has 1 fully saturated rings. The molecule has 0 saturated carbocycles. The zero-order valence-electron chi connectivity index (χ0n) is 14.2. The number of rotatable bonds is 5. The van der Waals surface area contributed by atoms with Crippen LogP contribution in [0.4, 0.5) is 0 Å². The summed E-state index contributed by atoms with van der Waals surface area (Å²) in [5.41, 5.74) is 1.92. The topological polar surface area (TPSA) is 80.8 Å². The number of aryl methyl sites for hydroxylation is 1. The van der Waals surface area contributed by atoms with Gasteiger partial charge in [0, 0.05) is 6.04 Å². The van der Waals surface area contributed by atoms with Gasteiger partial charge >= 0.3 is 5.97 Å². The number of hydrogen-bond acceptors (Lipinski definition) is 5.